The maximum Gasteiger partial charge on any atom is 0.525 e. The minimum absolute atomic E-state index is 0.326. The number of carbonyl (C=O) groups is 2. The van der Waals surface area contributed by atoms with E-state index < -0.39 is 51.5 Å². The number of hydrogen-bond donors (Lipinski definition) is 0. The van der Waals surface area contributed by atoms with Crippen LogP contribution in [0.15, 0.2) is 12.2 Å². The highest BCUT2D eigenvalue weighted by Crippen LogP contribution is 2.45. The standard InChI is InChI=1S/C9H6F3NO6S/c10-9(11,12)20(16,17)19-13-7(14)5-3-1-2-4(18-3)6(5)8(13)15/h1-6H/t3?,4?,5-,6?/m0/s1. The predicted octanol–water partition coefficient (Wildman–Crippen LogP) is -0.294. The second-order valence-electron chi connectivity index (χ2n) is 4.45. The van der Waals surface area contributed by atoms with Crippen molar-refractivity contribution in [2.45, 2.75) is 17.7 Å². The molecule has 3 heterocycles. The lowest BCUT2D eigenvalue weighted by molar-refractivity contribution is -0.171. The van der Waals surface area contributed by atoms with Crippen molar-refractivity contribution in [1.29, 1.82) is 0 Å². The van der Waals surface area contributed by atoms with Gasteiger partial charge in [-0.2, -0.15) is 21.6 Å². The second-order valence-corrected chi connectivity index (χ2v) is 5.97. The Morgan fingerprint density at radius 2 is 1.55 bits per heavy atom. The number of amides is 2. The maximum atomic E-state index is 12.2. The third-order valence-corrected chi connectivity index (χ3v) is 4.24. The SMILES string of the molecule is O=C1C2C3C=CC(O3)[C@@H]2C(=O)N1OS(=O)(=O)C(F)(F)F. The molecule has 11 heteroatoms. The van der Waals surface area contributed by atoms with E-state index >= 15 is 0 Å². The molecule has 0 spiro atoms. The Hall–Kier alpha value is -1.46. The lowest BCUT2D eigenvalue weighted by Crippen LogP contribution is -2.40. The molecule has 0 aromatic rings. The van der Waals surface area contributed by atoms with Crippen LogP contribution in [0.3, 0.4) is 0 Å². The van der Waals surface area contributed by atoms with E-state index in [0.29, 0.717) is 0 Å². The van der Waals surface area contributed by atoms with E-state index in [4.69, 9.17) is 4.74 Å². The molecule has 3 unspecified atom stereocenters. The van der Waals surface area contributed by atoms with Crippen LogP contribution in [0.25, 0.3) is 0 Å². The van der Waals surface area contributed by atoms with Gasteiger partial charge >= 0.3 is 15.6 Å². The van der Waals surface area contributed by atoms with E-state index in [0.717, 1.165) is 0 Å². The summed E-state index contributed by atoms with van der Waals surface area (Å²) in [4.78, 5) is 23.7. The van der Waals surface area contributed by atoms with Crippen LogP contribution in [0.5, 0.6) is 0 Å². The Kier molecular flexibility index (Phi) is 2.57. The molecule has 7 nitrogen and oxygen atoms in total. The number of hydroxylamine groups is 2. The molecule has 0 aromatic carbocycles. The minimum Gasteiger partial charge on any atom is -0.365 e. The monoisotopic (exact) mass is 313 g/mol. The molecule has 0 radical (unpaired) electrons. The summed E-state index contributed by atoms with van der Waals surface area (Å²) in [6, 6.07) is 0. The Labute approximate surface area is 110 Å². The smallest absolute Gasteiger partial charge is 0.365 e. The number of rotatable bonds is 2. The average molecular weight is 313 g/mol. The molecular formula is C9H6F3NO6S. The van der Waals surface area contributed by atoms with Gasteiger partial charge in [-0.3, -0.25) is 9.59 Å². The molecule has 2 bridgehead atoms. The third-order valence-electron chi connectivity index (χ3n) is 3.33. The summed E-state index contributed by atoms with van der Waals surface area (Å²) in [5.41, 5.74) is -5.72. The first kappa shape index (κ1) is 13.5. The second kappa shape index (κ2) is 3.80. The molecular weight excluding hydrogens is 307 g/mol. The normalized spacial score (nSPS) is 36.0. The van der Waals surface area contributed by atoms with Gasteiger partial charge in [0, 0.05) is 0 Å². The van der Waals surface area contributed by atoms with E-state index in [-0.39, 0.29) is 5.06 Å². The summed E-state index contributed by atoms with van der Waals surface area (Å²) < 4.78 is 67.2. The van der Waals surface area contributed by atoms with Crippen LogP contribution in [0.2, 0.25) is 0 Å². The first-order chi connectivity index (χ1) is 9.13. The molecule has 0 N–H and O–H groups in total. The number of carbonyl (C=O) groups excluding carboxylic acids is 2. The number of ether oxygens (including phenoxy) is 1. The van der Waals surface area contributed by atoms with E-state index in [9.17, 15) is 31.2 Å². The number of hydrogen-bond acceptors (Lipinski definition) is 6. The van der Waals surface area contributed by atoms with Gasteiger partial charge in [0.2, 0.25) is 0 Å². The van der Waals surface area contributed by atoms with Crippen LogP contribution in [0.4, 0.5) is 13.2 Å². The minimum atomic E-state index is -6.07. The van der Waals surface area contributed by atoms with Gasteiger partial charge in [0.1, 0.15) is 0 Å². The lowest BCUT2D eigenvalue weighted by Gasteiger charge is -2.16. The van der Waals surface area contributed by atoms with Crippen LogP contribution in [0.1, 0.15) is 0 Å². The molecule has 3 aliphatic heterocycles. The summed E-state index contributed by atoms with van der Waals surface area (Å²) >= 11 is 0. The van der Waals surface area contributed by atoms with Crippen LogP contribution in [0, 0.1) is 11.8 Å². The summed E-state index contributed by atoms with van der Waals surface area (Å²) in [6.07, 6.45) is 1.50. The quantitative estimate of drug-likeness (QED) is 0.395. The fourth-order valence-electron chi connectivity index (χ4n) is 2.49. The summed E-state index contributed by atoms with van der Waals surface area (Å²) in [7, 11) is -6.07. The fraction of sp³-hybridized carbons (Fsp3) is 0.556. The molecule has 20 heavy (non-hydrogen) atoms. The molecule has 3 rings (SSSR count). The number of halogens is 3. The molecule has 4 atom stereocenters. The van der Waals surface area contributed by atoms with E-state index in [1.54, 1.807) is 0 Å². The molecule has 0 saturated carbocycles. The van der Waals surface area contributed by atoms with Crippen molar-refractivity contribution < 1.29 is 40.2 Å². The molecule has 0 aromatic heterocycles. The van der Waals surface area contributed by atoms with Crippen molar-refractivity contribution in [3.05, 3.63) is 12.2 Å². The summed E-state index contributed by atoms with van der Waals surface area (Å²) in [5, 5.41) is -0.326. The van der Waals surface area contributed by atoms with Crippen molar-refractivity contribution in [3.8, 4) is 0 Å². The molecule has 0 aliphatic carbocycles. The van der Waals surface area contributed by atoms with Gasteiger partial charge in [-0.05, 0) is 0 Å². The number of fused-ring (bicyclic) bond motifs is 5. The molecule has 3 aliphatic rings. The van der Waals surface area contributed by atoms with E-state index in [1.165, 1.54) is 12.2 Å². The van der Waals surface area contributed by atoms with Gasteiger partial charge in [-0.1, -0.05) is 12.2 Å². The Bertz CT molecular complexity index is 596. The van der Waals surface area contributed by atoms with Crippen molar-refractivity contribution in [2.24, 2.45) is 11.8 Å². The molecule has 2 amide bonds. The Balaban J connectivity index is 1.88. The maximum absolute atomic E-state index is 12.2. The number of alkyl halides is 3. The number of imide groups is 1. The predicted molar refractivity (Wildman–Crippen MR) is 52.7 cm³/mol. The lowest BCUT2D eigenvalue weighted by atomic mass is 9.85. The highest BCUT2D eigenvalue weighted by Gasteiger charge is 2.63. The van der Waals surface area contributed by atoms with Crippen LogP contribution in [-0.4, -0.2) is 43.0 Å². The molecule has 110 valence electrons. The molecule has 2 fully saturated rings. The van der Waals surface area contributed by atoms with Crippen LogP contribution >= 0.6 is 0 Å². The fourth-order valence-corrected chi connectivity index (χ4v) is 2.92. The zero-order valence-electron chi connectivity index (χ0n) is 9.40. The van der Waals surface area contributed by atoms with Crippen molar-refractivity contribution >= 4 is 21.9 Å². The summed E-state index contributed by atoms with van der Waals surface area (Å²) in [6.45, 7) is 0. The van der Waals surface area contributed by atoms with Gasteiger partial charge in [0.15, 0.2) is 0 Å². The van der Waals surface area contributed by atoms with Crippen molar-refractivity contribution in [2.75, 3.05) is 0 Å². The van der Waals surface area contributed by atoms with Crippen molar-refractivity contribution in [3.63, 3.8) is 0 Å². The van der Waals surface area contributed by atoms with E-state index in [1.807, 2.05) is 0 Å². The Morgan fingerprint density at radius 3 is 1.95 bits per heavy atom. The van der Waals surface area contributed by atoms with Gasteiger partial charge in [-0.15, -0.1) is 9.35 Å². The highest BCUT2D eigenvalue weighted by molar-refractivity contribution is 7.87. The first-order valence-electron chi connectivity index (χ1n) is 5.36. The zero-order chi connectivity index (χ0) is 14.9. The van der Waals surface area contributed by atoms with Gasteiger partial charge < -0.3 is 4.74 Å². The van der Waals surface area contributed by atoms with Crippen LogP contribution < -0.4 is 0 Å². The summed E-state index contributed by atoms with van der Waals surface area (Å²) in [5.74, 6) is -4.38. The van der Waals surface area contributed by atoms with E-state index in [2.05, 4.69) is 4.28 Å². The van der Waals surface area contributed by atoms with Crippen LogP contribution in [-0.2, 0) is 28.7 Å². The Morgan fingerprint density at radius 1 is 1.10 bits per heavy atom. The topological polar surface area (TPSA) is 90.0 Å². The molecule has 2 saturated heterocycles. The van der Waals surface area contributed by atoms with Crippen molar-refractivity contribution in [1.82, 2.24) is 5.06 Å². The first-order valence-corrected chi connectivity index (χ1v) is 6.77. The largest absolute Gasteiger partial charge is 0.525 e. The van der Waals surface area contributed by atoms with Gasteiger partial charge in [-0.25, -0.2) is 0 Å². The third kappa shape index (κ3) is 1.63. The van der Waals surface area contributed by atoms with Gasteiger partial charge in [0.05, 0.1) is 24.0 Å². The number of nitrogens with zero attached hydrogens (tertiary/aromatic N) is 1. The van der Waals surface area contributed by atoms with Gasteiger partial charge in [0.25, 0.3) is 11.8 Å². The highest BCUT2D eigenvalue weighted by atomic mass is 32.2. The average Bonchev–Trinajstić information content (AvgIpc) is 2.97. The zero-order valence-corrected chi connectivity index (χ0v) is 10.2.